The highest BCUT2D eigenvalue weighted by atomic mass is 79.9. The van der Waals surface area contributed by atoms with E-state index in [0.717, 1.165) is 22.7 Å². The number of carbonyl (C=O) groups is 1. The third-order valence-electron chi connectivity index (χ3n) is 5.15. The van der Waals surface area contributed by atoms with Crippen molar-refractivity contribution < 1.29 is 13.6 Å². The van der Waals surface area contributed by atoms with Crippen LogP contribution in [0.5, 0.6) is 0 Å². The number of alkyl halides is 2. The van der Waals surface area contributed by atoms with Crippen molar-refractivity contribution in [1.82, 2.24) is 34.7 Å². The van der Waals surface area contributed by atoms with Gasteiger partial charge < -0.3 is 10.6 Å². The van der Waals surface area contributed by atoms with Crippen molar-refractivity contribution in [3.8, 4) is 11.4 Å². The van der Waals surface area contributed by atoms with Gasteiger partial charge in [-0.05, 0) is 47.3 Å². The standard InChI is InChI=1S/C19H17BrF2N8O/c20-12-5-3-4-11-14(12)26-19(25-13-6-1-2-7-23-17(13)31)30-16(11)27-15(28-30)10-8-24-29(9-10)18(21)22/h3-5,8-9,13,18H,1-2,6-7H2,(H,23,31)(H,25,26)/t13-/m1/s1. The van der Waals surface area contributed by atoms with Gasteiger partial charge in [0.25, 0.3) is 0 Å². The van der Waals surface area contributed by atoms with E-state index in [1.54, 1.807) is 0 Å². The molecule has 3 aromatic heterocycles. The molecule has 160 valence electrons. The molecular weight excluding hydrogens is 474 g/mol. The van der Waals surface area contributed by atoms with Gasteiger partial charge in [-0.2, -0.15) is 18.4 Å². The highest BCUT2D eigenvalue weighted by Gasteiger charge is 2.24. The van der Waals surface area contributed by atoms with E-state index >= 15 is 0 Å². The number of aromatic nitrogens is 6. The Morgan fingerprint density at radius 3 is 2.94 bits per heavy atom. The van der Waals surface area contributed by atoms with Crippen LogP contribution in [-0.4, -0.2) is 47.9 Å². The highest BCUT2D eigenvalue weighted by Crippen LogP contribution is 2.29. The number of nitrogens with zero attached hydrogens (tertiary/aromatic N) is 6. The number of benzene rings is 1. The lowest BCUT2D eigenvalue weighted by Crippen LogP contribution is -2.38. The molecule has 4 heterocycles. The van der Waals surface area contributed by atoms with E-state index in [0.29, 0.717) is 40.3 Å². The molecule has 0 unspecified atom stereocenters. The SMILES string of the molecule is O=C1NCCCC[C@H]1Nc1nc2c(Br)cccc2c2nc(-c3cnn(C(F)F)c3)nn12. The molecule has 1 aliphatic rings. The van der Waals surface area contributed by atoms with Gasteiger partial charge in [-0.15, -0.1) is 5.10 Å². The van der Waals surface area contributed by atoms with Crippen molar-refractivity contribution >= 4 is 44.3 Å². The van der Waals surface area contributed by atoms with Crippen LogP contribution in [0.1, 0.15) is 25.8 Å². The highest BCUT2D eigenvalue weighted by molar-refractivity contribution is 9.10. The third kappa shape index (κ3) is 3.60. The Labute approximate surface area is 183 Å². The van der Waals surface area contributed by atoms with Gasteiger partial charge in [0.2, 0.25) is 11.9 Å². The second-order valence-electron chi connectivity index (χ2n) is 7.21. The number of fused-ring (bicyclic) bond motifs is 3. The fraction of sp³-hybridized carbons (Fsp3) is 0.316. The van der Waals surface area contributed by atoms with Crippen molar-refractivity contribution in [3.63, 3.8) is 0 Å². The molecule has 9 nitrogen and oxygen atoms in total. The van der Waals surface area contributed by atoms with Gasteiger partial charge in [0.1, 0.15) is 6.04 Å². The van der Waals surface area contributed by atoms with Gasteiger partial charge in [0.15, 0.2) is 11.5 Å². The summed E-state index contributed by atoms with van der Waals surface area (Å²) in [5.41, 5.74) is 1.49. The molecule has 0 bridgehead atoms. The number of hydrogen-bond donors (Lipinski definition) is 2. The third-order valence-corrected chi connectivity index (χ3v) is 5.79. The van der Waals surface area contributed by atoms with Crippen molar-refractivity contribution in [2.45, 2.75) is 31.9 Å². The van der Waals surface area contributed by atoms with Gasteiger partial charge in [-0.25, -0.2) is 14.6 Å². The fourth-order valence-corrected chi connectivity index (χ4v) is 4.06. The van der Waals surface area contributed by atoms with Crippen molar-refractivity contribution in [1.29, 1.82) is 0 Å². The number of para-hydroxylation sites is 1. The molecule has 4 aromatic rings. The zero-order chi connectivity index (χ0) is 21.5. The zero-order valence-electron chi connectivity index (χ0n) is 16.1. The first-order valence-electron chi connectivity index (χ1n) is 9.73. The van der Waals surface area contributed by atoms with Gasteiger partial charge in [0.05, 0.1) is 17.3 Å². The number of halogens is 3. The predicted molar refractivity (Wildman–Crippen MR) is 113 cm³/mol. The van der Waals surface area contributed by atoms with Gasteiger partial charge in [0, 0.05) is 22.6 Å². The average molecular weight is 491 g/mol. The predicted octanol–water partition coefficient (Wildman–Crippen LogP) is 3.38. The molecule has 1 fully saturated rings. The van der Waals surface area contributed by atoms with E-state index < -0.39 is 12.6 Å². The lowest BCUT2D eigenvalue weighted by Gasteiger charge is -2.17. The zero-order valence-corrected chi connectivity index (χ0v) is 17.7. The monoisotopic (exact) mass is 490 g/mol. The molecule has 0 aliphatic carbocycles. The number of nitrogens with one attached hydrogen (secondary N) is 2. The number of amides is 1. The van der Waals surface area contributed by atoms with E-state index in [1.165, 1.54) is 16.9 Å². The number of hydrogen-bond acceptors (Lipinski definition) is 6. The van der Waals surface area contributed by atoms with E-state index in [4.69, 9.17) is 0 Å². The summed E-state index contributed by atoms with van der Waals surface area (Å²) in [5, 5.41) is 15.0. The summed E-state index contributed by atoms with van der Waals surface area (Å²) in [4.78, 5) is 21.7. The van der Waals surface area contributed by atoms with Gasteiger partial charge in [-0.1, -0.05) is 6.07 Å². The molecule has 0 spiro atoms. The summed E-state index contributed by atoms with van der Waals surface area (Å²) in [5.74, 6) is 0.476. The Morgan fingerprint density at radius 2 is 2.13 bits per heavy atom. The lowest BCUT2D eigenvalue weighted by molar-refractivity contribution is -0.121. The Balaban J connectivity index is 1.66. The fourth-order valence-electron chi connectivity index (χ4n) is 3.61. The van der Waals surface area contributed by atoms with Crippen LogP contribution in [0, 0.1) is 0 Å². The first-order valence-corrected chi connectivity index (χ1v) is 10.5. The molecule has 5 rings (SSSR count). The molecule has 1 aliphatic heterocycles. The maximum atomic E-state index is 12.9. The van der Waals surface area contributed by atoms with E-state index in [-0.39, 0.29) is 11.7 Å². The minimum absolute atomic E-state index is 0.0989. The maximum Gasteiger partial charge on any atom is 0.333 e. The van der Waals surface area contributed by atoms with Crippen molar-refractivity contribution in [2.75, 3.05) is 11.9 Å². The van der Waals surface area contributed by atoms with E-state index in [1.807, 2.05) is 18.2 Å². The van der Waals surface area contributed by atoms with Crippen LogP contribution in [-0.2, 0) is 4.79 Å². The van der Waals surface area contributed by atoms with E-state index in [9.17, 15) is 13.6 Å². The summed E-state index contributed by atoms with van der Waals surface area (Å²) in [6.07, 6.45) is 4.95. The van der Waals surface area contributed by atoms with Crippen LogP contribution in [0.15, 0.2) is 35.1 Å². The van der Waals surface area contributed by atoms with Gasteiger partial charge >= 0.3 is 6.55 Å². The Morgan fingerprint density at radius 1 is 1.26 bits per heavy atom. The average Bonchev–Trinajstić information content (AvgIpc) is 3.36. The lowest BCUT2D eigenvalue weighted by atomic mass is 10.1. The minimum atomic E-state index is -2.75. The summed E-state index contributed by atoms with van der Waals surface area (Å²) in [7, 11) is 0. The van der Waals surface area contributed by atoms with Crippen molar-refractivity contribution in [3.05, 3.63) is 35.1 Å². The summed E-state index contributed by atoms with van der Waals surface area (Å²) >= 11 is 3.51. The van der Waals surface area contributed by atoms with Crippen LogP contribution >= 0.6 is 15.9 Å². The second kappa shape index (κ2) is 7.84. The second-order valence-corrected chi connectivity index (χ2v) is 8.07. The van der Waals surface area contributed by atoms with Gasteiger partial charge in [-0.3, -0.25) is 4.79 Å². The molecule has 31 heavy (non-hydrogen) atoms. The Bertz CT molecular complexity index is 1290. The molecule has 1 aromatic carbocycles. The first kappa shape index (κ1) is 19.8. The van der Waals surface area contributed by atoms with Crippen LogP contribution in [0.4, 0.5) is 14.7 Å². The number of rotatable bonds is 4. The van der Waals surface area contributed by atoms with E-state index in [2.05, 4.69) is 46.7 Å². The summed E-state index contributed by atoms with van der Waals surface area (Å²) in [6, 6.07) is 5.10. The molecular formula is C19H17BrF2N8O. The molecule has 1 amide bonds. The molecule has 12 heteroatoms. The molecule has 1 saturated heterocycles. The largest absolute Gasteiger partial charge is 0.354 e. The minimum Gasteiger partial charge on any atom is -0.354 e. The van der Waals surface area contributed by atoms with Crippen LogP contribution in [0.25, 0.3) is 27.9 Å². The Hall–Kier alpha value is -3.15. The number of anilines is 1. The Kier molecular flexibility index (Phi) is 5.00. The topological polar surface area (TPSA) is 102 Å². The molecule has 1 atom stereocenters. The normalized spacial score (nSPS) is 17.3. The smallest absolute Gasteiger partial charge is 0.333 e. The van der Waals surface area contributed by atoms with Crippen LogP contribution in [0.3, 0.4) is 0 Å². The first-order chi connectivity index (χ1) is 15.0. The molecule has 2 N–H and O–H groups in total. The van der Waals surface area contributed by atoms with Crippen molar-refractivity contribution in [2.24, 2.45) is 0 Å². The van der Waals surface area contributed by atoms with Crippen LogP contribution in [0.2, 0.25) is 0 Å². The van der Waals surface area contributed by atoms with Crippen LogP contribution < -0.4 is 10.6 Å². The molecule has 0 radical (unpaired) electrons. The quantitative estimate of drug-likeness (QED) is 0.454. The maximum absolute atomic E-state index is 12.9. The summed E-state index contributed by atoms with van der Waals surface area (Å²) < 4.78 is 28.7. The molecule has 0 saturated carbocycles. The number of carbonyl (C=O) groups excluding carboxylic acids is 1. The summed E-state index contributed by atoms with van der Waals surface area (Å²) in [6.45, 7) is -2.11.